The quantitative estimate of drug-likeness (QED) is 0.332. The van der Waals surface area contributed by atoms with Crippen LogP contribution in [0, 0.1) is 0 Å². The molecule has 1 amide bonds. The molecule has 6 nitrogen and oxygen atoms in total. The standard InChI is InChI=1S/C16H28N4O2/c1-2-3-4-5-6-7-10-18-16(17)20-13-15(21)19-12-14-9-8-11-22-14/h8-9,11H,2-7,10,12-13H2,1H3,(H,19,21)(H3,17,18,20). The topological polar surface area (TPSA) is 92.6 Å². The van der Waals surface area contributed by atoms with Crippen LogP contribution in [0.4, 0.5) is 0 Å². The monoisotopic (exact) mass is 308 g/mol. The number of carbonyl (C=O) groups excluding carboxylic acids is 1. The molecule has 0 aliphatic carbocycles. The average Bonchev–Trinajstić information content (AvgIpc) is 3.03. The summed E-state index contributed by atoms with van der Waals surface area (Å²) < 4.78 is 5.12. The summed E-state index contributed by atoms with van der Waals surface area (Å²) in [4.78, 5) is 15.6. The number of hydrogen-bond donors (Lipinski definition) is 3. The van der Waals surface area contributed by atoms with Gasteiger partial charge in [0, 0.05) is 6.54 Å². The number of nitrogens with one attached hydrogen (secondary N) is 2. The molecule has 0 aliphatic heterocycles. The Kier molecular flexibility index (Phi) is 9.57. The van der Waals surface area contributed by atoms with Crippen LogP contribution < -0.4 is 16.4 Å². The van der Waals surface area contributed by atoms with Gasteiger partial charge in [0.1, 0.15) is 12.3 Å². The summed E-state index contributed by atoms with van der Waals surface area (Å²) in [7, 11) is 0. The van der Waals surface area contributed by atoms with Crippen molar-refractivity contribution in [3.05, 3.63) is 24.2 Å². The fourth-order valence-electron chi connectivity index (χ4n) is 1.99. The van der Waals surface area contributed by atoms with Gasteiger partial charge in [-0.05, 0) is 18.6 Å². The minimum Gasteiger partial charge on any atom is -0.467 e. The number of nitrogens with zero attached hydrogens (tertiary/aromatic N) is 1. The minimum atomic E-state index is -0.180. The second kappa shape index (κ2) is 11.7. The lowest BCUT2D eigenvalue weighted by molar-refractivity contribution is -0.119. The molecule has 22 heavy (non-hydrogen) atoms. The number of rotatable bonds is 11. The number of aliphatic imine (C=N–C) groups is 1. The van der Waals surface area contributed by atoms with E-state index in [1.807, 2.05) is 0 Å². The number of furan rings is 1. The van der Waals surface area contributed by atoms with E-state index < -0.39 is 0 Å². The van der Waals surface area contributed by atoms with Crippen molar-refractivity contribution in [3.63, 3.8) is 0 Å². The Bertz CT molecular complexity index is 429. The maximum atomic E-state index is 11.6. The van der Waals surface area contributed by atoms with Gasteiger partial charge in [-0.1, -0.05) is 39.0 Å². The van der Waals surface area contributed by atoms with Crippen molar-refractivity contribution in [2.75, 3.05) is 13.1 Å². The van der Waals surface area contributed by atoms with Gasteiger partial charge >= 0.3 is 0 Å². The summed E-state index contributed by atoms with van der Waals surface area (Å²) in [6.07, 6.45) is 8.99. The number of carbonyl (C=O) groups is 1. The molecule has 0 unspecified atom stereocenters. The molecule has 124 valence electrons. The second-order valence-corrected chi connectivity index (χ2v) is 5.25. The second-order valence-electron chi connectivity index (χ2n) is 5.25. The predicted molar refractivity (Wildman–Crippen MR) is 88.4 cm³/mol. The van der Waals surface area contributed by atoms with Crippen molar-refractivity contribution in [1.82, 2.24) is 10.6 Å². The van der Waals surface area contributed by atoms with Gasteiger partial charge in [0.15, 0.2) is 5.96 Å². The summed E-state index contributed by atoms with van der Waals surface area (Å²) in [5, 5.41) is 5.74. The molecular formula is C16H28N4O2. The summed E-state index contributed by atoms with van der Waals surface area (Å²) in [5.41, 5.74) is 5.72. The highest BCUT2D eigenvalue weighted by Crippen LogP contribution is 2.03. The van der Waals surface area contributed by atoms with Crippen molar-refractivity contribution in [2.45, 2.75) is 52.0 Å². The molecule has 0 radical (unpaired) electrons. The number of nitrogens with two attached hydrogens (primary N) is 1. The van der Waals surface area contributed by atoms with Crippen LogP contribution in [-0.4, -0.2) is 25.0 Å². The molecule has 1 aromatic rings. The molecule has 1 aromatic heterocycles. The Hall–Kier alpha value is -1.98. The average molecular weight is 308 g/mol. The molecule has 6 heteroatoms. The van der Waals surface area contributed by atoms with E-state index in [0.29, 0.717) is 18.3 Å². The third-order valence-electron chi connectivity index (χ3n) is 3.27. The molecular weight excluding hydrogens is 280 g/mol. The molecule has 0 atom stereocenters. The normalized spacial score (nSPS) is 11.4. The highest BCUT2D eigenvalue weighted by molar-refractivity contribution is 5.83. The van der Waals surface area contributed by atoms with E-state index in [1.54, 1.807) is 18.4 Å². The van der Waals surface area contributed by atoms with Crippen LogP contribution >= 0.6 is 0 Å². The molecule has 0 aromatic carbocycles. The van der Waals surface area contributed by atoms with Gasteiger partial charge in [0.05, 0.1) is 12.8 Å². The lowest BCUT2D eigenvalue weighted by Gasteiger charge is -2.06. The Morgan fingerprint density at radius 1 is 1.23 bits per heavy atom. The van der Waals surface area contributed by atoms with Crippen LogP contribution in [0.25, 0.3) is 0 Å². The zero-order valence-corrected chi connectivity index (χ0v) is 13.4. The van der Waals surface area contributed by atoms with E-state index in [4.69, 9.17) is 10.2 Å². The molecule has 4 N–H and O–H groups in total. The van der Waals surface area contributed by atoms with Gasteiger partial charge in [0.25, 0.3) is 0 Å². The zero-order valence-electron chi connectivity index (χ0n) is 13.4. The highest BCUT2D eigenvalue weighted by atomic mass is 16.3. The van der Waals surface area contributed by atoms with Crippen molar-refractivity contribution >= 4 is 11.9 Å². The fraction of sp³-hybridized carbons (Fsp3) is 0.625. The maximum Gasteiger partial charge on any atom is 0.242 e. The van der Waals surface area contributed by atoms with Crippen LogP contribution in [0.15, 0.2) is 27.8 Å². The first-order valence-electron chi connectivity index (χ1n) is 8.05. The van der Waals surface area contributed by atoms with E-state index in [1.165, 1.54) is 32.1 Å². The number of hydrogen-bond acceptors (Lipinski definition) is 3. The number of guanidine groups is 1. The van der Waals surface area contributed by atoms with Crippen LogP contribution in [0.3, 0.4) is 0 Å². The van der Waals surface area contributed by atoms with Gasteiger partial charge in [-0.15, -0.1) is 0 Å². The molecule has 0 fully saturated rings. The molecule has 1 heterocycles. The van der Waals surface area contributed by atoms with Crippen molar-refractivity contribution in [1.29, 1.82) is 0 Å². The Balaban J connectivity index is 2.03. The van der Waals surface area contributed by atoms with Gasteiger partial charge in [0.2, 0.25) is 5.91 Å². The fourth-order valence-corrected chi connectivity index (χ4v) is 1.99. The van der Waals surface area contributed by atoms with E-state index >= 15 is 0 Å². The van der Waals surface area contributed by atoms with E-state index in [0.717, 1.165) is 13.0 Å². The summed E-state index contributed by atoms with van der Waals surface area (Å²) in [5.74, 6) is 0.855. The zero-order chi connectivity index (χ0) is 16.0. The van der Waals surface area contributed by atoms with Gasteiger partial charge in [-0.25, -0.2) is 4.99 Å². The summed E-state index contributed by atoms with van der Waals surface area (Å²) in [6.45, 7) is 3.40. The van der Waals surface area contributed by atoms with Crippen LogP contribution in [0.1, 0.15) is 51.2 Å². The van der Waals surface area contributed by atoms with Crippen LogP contribution in [0.2, 0.25) is 0 Å². The first-order chi connectivity index (χ1) is 10.7. The molecule has 0 aliphatic rings. The highest BCUT2D eigenvalue weighted by Gasteiger charge is 2.02. The van der Waals surface area contributed by atoms with Gasteiger partial charge < -0.3 is 20.8 Å². The van der Waals surface area contributed by atoms with E-state index in [2.05, 4.69) is 22.5 Å². The minimum absolute atomic E-state index is 0.0239. The Morgan fingerprint density at radius 3 is 2.73 bits per heavy atom. The lowest BCUT2D eigenvalue weighted by Crippen LogP contribution is -2.34. The van der Waals surface area contributed by atoms with Gasteiger partial charge in [-0.2, -0.15) is 0 Å². The molecule has 0 saturated heterocycles. The van der Waals surface area contributed by atoms with Crippen molar-refractivity contribution in [3.8, 4) is 0 Å². The van der Waals surface area contributed by atoms with E-state index in [-0.39, 0.29) is 12.5 Å². The number of amides is 1. The predicted octanol–water partition coefficient (Wildman–Crippen LogP) is 2.16. The van der Waals surface area contributed by atoms with Gasteiger partial charge in [-0.3, -0.25) is 4.79 Å². The maximum absolute atomic E-state index is 11.6. The largest absolute Gasteiger partial charge is 0.467 e. The van der Waals surface area contributed by atoms with Crippen LogP contribution in [0.5, 0.6) is 0 Å². The smallest absolute Gasteiger partial charge is 0.242 e. The third kappa shape index (κ3) is 9.05. The van der Waals surface area contributed by atoms with Crippen molar-refractivity contribution in [2.24, 2.45) is 10.7 Å². The molecule has 1 rings (SSSR count). The van der Waals surface area contributed by atoms with Crippen LogP contribution in [-0.2, 0) is 11.3 Å². The third-order valence-corrected chi connectivity index (χ3v) is 3.27. The Morgan fingerprint density at radius 2 is 2.00 bits per heavy atom. The molecule has 0 spiro atoms. The number of unbranched alkanes of at least 4 members (excludes halogenated alkanes) is 5. The first kappa shape index (κ1) is 18.1. The molecule has 0 bridgehead atoms. The lowest BCUT2D eigenvalue weighted by atomic mass is 10.1. The van der Waals surface area contributed by atoms with E-state index in [9.17, 15) is 4.79 Å². The van der Waals surface area contributed by atoms with Crippen molar-refractivity contribution < 1.29 is 9.21 Å². The SMILES string of the molecule is CCCCCCCCNC(N)=NCC(=O)NCc1ccco1. The molecule has 0 saturated carbocycles. The summed E-state index contributed by atoms with van der Waals surface area (Å²) >= 11 is 0. The Labute approximate surface area is 132 Å². The first-order valence-corrected chi connectivity index (χ1v) is 8.05. The summed E-state index contributed by atoms with van der Waals surface area (Å²) in [6, 6.07) is 3.59.